The van der Waals surface area contributed by atoms with Gasteiger partial charge in [0.25, 0.3) is 11.8 Å². The van der Waals surface area contributed by atoms with Crippen molar-refractivity contribution < 1.29 is 19.1 Å². The summed E-state index contributed by atoms with van der Waals surface area (Å²) in [5.41, 5.74) is 2.28. The standard InChI is InChI=1S/C26H20BrIN2O4S/c1-2-33-21-13-17(12-20(28)23(21)34-15-16-8-10-19(27)11-9-16)14-22-25(32)30-26(35-22)29-24(31)18-6-4-3-5-7-18/h3-14H,2,15H2,1H3,(H,29,30,31,32)/b22-14-. The highest BCUT2D eigenvalue weighted by molar-refractivity contribution is 14.1. The maximum absolute atomic E-state index is 12.5. The minimum atomic E-state index is -0.407. The first-order chi connectivity index (χ1) is 16.9. The predicted octanol–water partition coefficient (Wildman–Crippen LogP) is 6.43. The summed E-state index contributed by atoms with van der Waals surface area (Å²) in [7, 11) is 0. The molecule has 0 bridgehead atoms. The molecule has 0 spiro atoms. The Kier molecular flexibility index (Phi) is 8.64. The molecule has 35 heavy (non-hydrogen) atoms. The number of halogens is 2. The normalized spacial score (nSPS) is 15.3. The summed E-state index contributed by atoms with van der Waals surface area (Å²) in [6, 6.07) is 20.4. The Hall–Kier alpha value is -2.63. The van der Waals surface area contributed by atoms with Crippen molar-refractivity contribution in [1.82, 2.24) is 5.32 Å². The van der Waals surface area contributed by atoms with E-state index in [1.807, 2.05) is 49.4 Å². The number of hydrogen-bond acceptors (Lipinski definition) is 5. The Labute approximate surface area is 229 Å². The van der Waals surface area contributed by atoms with Crippen molar-refractivity contribution in [2.45, 2.75) is 13.5 Å². The highest BCUT2D eigenvalue weighted by Crippen LogP contribution is 2.36. The number of thioether (sulfide) groups is 1. The molecular weight excluding hydrogens is 643 g/mol. The highest BCUT2D eigenvalue weighted by atomic mass is 127. The van der Waals surface area contributed by atoms with E-state index in [-0.39, 0.29) is 11.1 Å². The first-order valence-electron chi connectivity index (χ1n) is 10.7. The molecule has 1 fully saturated rings. The molecule has 6 nitrogen and oxygen atoms in total. The summed E-state index contributed by atoms with van der Waals surface area (Å²) in [4.78, 5) is 29.3. The molecule has 0 saturated carbocycles. The van der Waals surface area contributed by atoms with Gasteiger partial charge in [-0.2, -0.15) is 4.99 Å². The summed E-state index contributed by atoms with van der Waals surface area (Å²) in [6.45, 7) is 2.78. The topological polar surface area (TPSA) is 77.0 Å². The fourth-order valence-corrected chi connectivity index (χ4v) is 5.04. The summed E-state index contributed by atoms with van der Waals surface area (Å²) in [5, 5.41) is 2.91. The number of ether oxygens (including phenoxy) is 2. The van der Waals surface area contributed by atoms with Crippen molar-refractivity contribution in [1.29, 1.82) is 0 Å². The smallest absolute Gasteiger partial charge is 0.279 e. The third kappa shape index (κ3) is 6.74. The van der Waals surface area contributed by atoms with Gasteiger partial charge in [-0.15, -0.1) is 0 Å². The average Bonchev–Trinajstić information content (AvgIpc) is 3.18. The average molecular weight is 663 g/mol. The summed E-state index contributed by atoms with van der Waals surface area (Å²) in [6.07, 6.45) is 1.75. The second-order valence-electron chi connectivity index (χ2n) is 7.33. The van der Waals surface area contributed by atoms with Gasteiger partial charge >= 0.3 is 0 Å². The van der Waals surface area contributed by atoms with Gasteiger partial charge in [0.1, 0.15) is 6.61 Å². The van der Waals surface area contributed by atoms with Crippen LogP contribution in [0, 0.1) is 3.57 Å². The Morgan fingerprint density at radius 1 is 1.11 bits per heavy atom. The fourth-order valence-electron chi connectivity index (χ4n) is 3.18. The molecule has 3 aromatic rings. The maximum Gasteiger partial charge on any atom is 0.279 e. The zero-order chi connectivity index (χ0) is 24.8. The van der Waals surface area contributed by atoms with E-state index in [2.05, 4.69) is 48.8 Å². The largest absolute Gasteiger partial charge is 0.490 e. The van der Waals surface area contributed by atoms with Crippen LogP contribution in [0.3, 0.4) is 0 Å². The SMILES string of the molecule is CCOc1cc(/C=C2\SC(=NC(=O)c3ccccc3)NC2=O)cc(I)c1OCc1ccc(Br)cc1. The van der Waals surface area contributed by atoms with Crippen LogP contribution in [0.2, 0.25) is 0 Å². The number of aliphatic imine (C=N–C) groups is 1. The predicted molar refractivity (Wildman–Crippen MR) is 151 cm³/mol. The van der Waals surface area contributed by atoms with Gasteiger partial charge in [0.15, 0.2) is 16.7 Å². The van der Waals surface area contributed by atoms with E-state index < -0.39 is 5.91 Å². The molecule has 1 aliphatic heterocycles. The molecule has 3 aromatic carbocycles. The first-order valence-corrected chi connectivity index (χ1v) is 13.3. The van der Waals surface area contributed by atoms with Crippen LogP contribution in [0.4, 0.5) is 0 Å². The Bertz CT molecular complexity index is 1310. The van der Waals surface area contributed by atoms with Gasteiger partial charge in [-0.3, -0.25) is 9.59 Å². The Morgan fingerprint density at radius 2 is 1.86 bits per heavy atom. The molecule has 1 aliphatic rings. The van der Waals surface area contributed by atoms with Crippen molar-refractivity contribution in [2.24, 2.45) is 4.99 Å². The lowest BCUT2D eigenvalue weighted by molar-refractivity contribution is -0.115. The van der Waals surface area contributed by atoms with Gasteiger partial charge in [0.2, 0.25) is 0 Å². The van der Waals surface area contributed by atoms with E-state index in [9.17, 15) is 9.59 Å². The molecule has 1 heterocycles. The molecule has 2 amide bonds. The van der Waals surface area contributed by atoms with Crippen LogP contribution in [-0.4, -0.2) is 23.6 Å². The molecule has 0 atom stereocenters. The van der Waals surface area contributed by atoms with Crippen molar-refractivity contribution in [3.8, 4) is 11.5 Å². The van der Waals surface area contributed by atoms with E-state index in [1.54, 1.807) is 30.3 Å². The molecule has 0 aromatic heterocycles. The monoisotopic (exact) mass is 662 g/mol. The van der Waals surface area contributed by atoms with Crippen LogP contribution in [0.1, 0.15) is 28.4 Å². The van der Waals surface area contributed by atoms with E-state index in [1.165, 1.54) is 0 Å². The summed E-state index contributed by atoms with van der Waals surface area (Å²) in [5.74, 6) is 0.532. The van der Waals surface area contributed by atoms with E-state index in [0.717, 1.165) is 30.9 Å². The fraction of sp³-hybridized carbons (Fsp3) is 0.115. The number of carbonyl (C=O) groups excluding carboxylic acids is 2. The molecular formula is C26H20BrIN2O4S. The third-order valence-corrected chi connectivity index (χ3v) is 7.04. The van der Waals surface area contributed by atoms with Crippen LogP contribution < -0.4 is 14.8 Å². The van der Waals surface area contributed by atoms with Crippen LogP contribution in [0.5, 0.6) is 11.5 Å². The minimum absolute atomic E-state index is 0.254. The van der Waals surface area contributed by atoms with Crippen LogP contribution >= 0.6 is 50.3 Å². The number of carbonyl (C=O) groups is 2. The lowest BCUT2D eigenvalue weighted by Crippen LogP contribution is -2.20. The highest BCUT2D eigenvalue weighted by Gasteiger charge is 2.25. The molecule has 1 N–H and O–H groups in total. The lowest BCUT2D eigenvalue weighted by atomic mass is 10.2. The first kappa shape index (κ1) is 25.5. The van der Waals surface area contributed by atoms with Gasteiger partial charge in [-0.05, 0) is 94.9 Å². The van der Waals surface area contributed by atoms with Gasteiger partial charge in [-0.1, -0.05) is 46.3 Å². The zero-order valence-corrected chi connectivity index (χ0v) is 23.1. The van der Waals surface area contributed by atoms with Crippen molar-refractivity contribution >= 4 is 73.3 Å². The van der Waals surface area contributed by atoms with Gasteiger partial charge < -0.3 is 14.8 Å². The Morgan fingerprint density at radius 3 is 2.57 bits per heavy atom. The number of nitrogens with zero attached hydrogens (tertiary/aromatic N) is 1. The van der Waals surface area contributed by atoms with Gasteiger partial charge in [0.05, 0.1) is 15.1 Å². The van der Waals surface area contributed by atoms with Crippen LogP contribution in [0.25, 0.3) is 6.08 Å². The number of benzene rings is 3. The van der Waals surface area contributed by atoms with Gasteiger partial charge in [-0.25, -0.2) is 0 Å². The molecule has 0 aliphatic carbocycles. The van der Waals surface area contributed by atoms with Gasteiger partial charge in [0, 0.05) is 10.0 Å². The van der Waals surface area contributed by atoms with E-state index in [0.29, 0.717) is 35.2 Å². The van der Waals surface area contributed by atoms with Crippen molar-refractivity contribution in [3.63, 3.8) is 0 Å². The zero-order valence-electron chi connectivity index (χ0n) is 18.6. The lowest BCUT2D eigenvalue weighted by Gasteiger charge is -2.15. The second kappa shape index (κ2) is 11.9. The van der Waals surface area contributed by atoms with E-state index in [4.69, 9.17) is 9.47 Å². The van der Waals surface area contributed by atoms with Crippen LogP contribution in [0.15, 0.2) is 81.1 Å². The molecule has 178 valence electrons. The van der Waals surface area contributed by atoms with Crippen molar-refractivity contribution in [3.05, 3.63) is 96.4 Å². The van der Waals surface area contributed by atoms with Crippen LogP contribution in [-0.2, 0) is 11.4 Å². The Balaban J connectivity index is 1.53. The number of hydrogen-bond donors (Lipinski definition) is 1. The second-order valence-corrected chi connectivity index (χ2v) is 10.4. The van der Waals surface area contributed by atoms with E-state index >= 15 is 0 Å². The number of amides is 2. The molecule has 0 radical (unpaired) electrons. The van der Waals surface area contributed by atoms with Crippen molar-refractivity contribution in [2.75, 3.05) is 6.61 Å². The number of rotatable bonds is 7. The maximum atomic E-state index is 12.5. The number of nitrogens with one attached hydrogen (secondary N) is 1. The summed E-state index contributed by atoms with van der Waals surface area (Å²) < 4.78 is 13.8. The molecule has 1 saturated heterocycles. The minimum Gasteiger partial charge on any atom is -0.490 e. The molecule has 4 rings (SSSR count). The molecule has 0 unspecified atom stereocenters. The third-order valence-electron chi connectivity index (χ3n) is 4.80. The quantitative estimate of drug-likeness (QED) is 0.233. The molecule has 9 heteroatoms. The summed E-state index contributed by atoms with van der Waals surface area (Å²) >= 11 is 6.76. The number of amidine groups is 1.